The van der Waals surface area contributed by atoms with Crippen LogP contribution in [-0.2, 0) is 16.1 Å². The van der Waals surface area contributed by atoms with Gasteiger partial charge in [-0.25, -0.2) is 0 Å². The molecule has 110 valence electrons. The van der Waals surface area contributed by atoms with Crippen LogP contribution in [0.5, 0.6) is 0 Å². The summed E-state index contributed by atoms with van der Waals surface area (Å²) in [5.74, 6) is 0.354. The maximum absolute atomic E-state index is 10.9. The number of hydrogen-bond donors (Lipinski definition) is 1. The van der Waals surface area contributed by atoms with Crippen LogP contribution in [0.2, 0.25) is 0 Å². The zero-order chi connectivity index (χ0) is 14.4. The summed E-state index contributed by atoms with van der Waals surface area (Å²) in [5.41, 5.74) is 1.28. The fourth-order valence-electron chi connectivity index (χ4n) is 2.88. The van der Waals surface area contributed by atoms with E-state index in [9.17, 15) is 9.90 Å². The number of likely N-dealkylation sites (tertiary alicyclic amines) is 1. The number of carbonyl (C=O) groups excluding carboxylic acids is 1. The average Bonchev–Trinajstić information content (AvgIpc) is 2.46. The van der Waals surface area contributed by atoms with Crippen molar-refractivity contribution < 1.29 is 14.6 Å². The van der Waals surface area contributed by atoms with Crippen LogP contribution in [0.1, 0.15) is 18.9 Å². The third-order valence-electron chi connectivity index (χ3n) is 3.73. The lowest BCUT2D eigenvalue weighted by Crippen LogP contribution is -2.42. The second-order valence-electron chi connectivity index (χ2n) is 5.63. The Labute approximate surface area is 120 Å². The first-order chi connectivity index (χ1) is 9.67. The van der Waals surface area contributed by atoms with Gasteiger partial charge in [0.15, 0.2) is 0 Å². The summed E-state index contributed by atoms with van der Waals surface area (Å²) in [4.78, 5) is 13.3. The minimum Gasteiger partial charge on any atom is -0.466 e. The Kier molecular flexibility index (Phi) is 5.56. The fourth-order valence-corrected chi connectivity index (χ4v) is 2.88. The van der Waals surface area contributed by atoms with E-state index >= 15 is 0 Å². The molecule has 1 aromatic carbocycles. The Morgan fingerprint density at radius 3 is 2.65 bits per heavy atom. The molecule has 0 saturated carbocycles. The largest absolute Gasteiger partial charge is 0.466 e. The van der Waals surface area contributed by atoms with Gasteiger partial charge in [0.1, 0.15) is 0 Å². The SMILES string of the molecule is CC(=O)OC[C@H]1C[C@@H](CO)CN(Cc2ccccc2)C1. The zero-order valence-electron chi connectivity index (χ0n) is 12.0. The number of esters is 1. The first-order valence-corrected chi connectivity index (χ1v) is 7.18. The van der Waals surface area contributed by atoms with Gasteiger partial charge in [0.2, 0.25) is 0 Å². The molecule has 4 nitrogen and oxygen atoms in total. The molecule has 1 fully saturated rings. The number of aliphatic hydroxyl groups is 1. The Morgan fingerprint density at radius 2 is 2.00 bits per heavy atom. The lowest BCUT2D eigenvalue weighted by atomic mass is 9.90. The third kappa shape index (κ3) is 4.62. The van der Waals surface area contributed by atoms with Crippen molar-refractivity contribution in [3.05, 3.63) is 35.9 Å². The number of hydrogen-bond acceptors (Lipinski definition) is 4. The molecular formula is C16H23NO3. The highest BCUT2D eigenvalue weighted by molar-refractivity contribution is 5.65. The molecule has 0 spiro atoms. The summed E-state index contributed by atoms with van der Waals surface area (Å²) in [6.45, 7) is 4.79. The summed E-state index contributed by atoms with van der Waals surface area (Å²) < 4.78 is 5.13. The molecule has 1 aliphatic rings. The molecular weight excluding hydrogens is 254 g/mol. The van der Waals surface area contributed by atoms with E-state index in [0.717, 1.165) is 26.1 Å². The minimum atomic E-state index is -0.231. The first-order valence-electron chi connectivity index (χ1n) is 7.18. The van der Waals surface area contributed by atoms with Gasteiger partial charge in [-0.15, -0.1) is 0 Å². The first kappa shape index (κ1) is 15.0. The molecule has 0 aliphatic carbocycles. The number of rotatable bonds is 5. The second kappa shape index (κ2) is 7.41. The molecule has 2 rings (SSSR count). The Hall–Kier alpha value is -1.39. The van der Waals surface area contributed by atoms with E-state index in [-0.39, 0.29) is 18.5 Å². The Balaban J connectivity index is 1.92. The van der Waals surface area contributed by atoms with Crippen molar-refractivity contribution in [2.75, 3.05) is 26.3 Å². The molecule has 2 atom stereocenters. The van der Waals surface area contributed by atoms with Crippen LogP contribution >= 0.6 is 0 Å². The van der Waals surface area contributed by atoms with Gasteiger partial charge in [0.05, 0.1) is 6.61 Å². The van der Waals surface area contributed by atoms with Crippen LogP contribution < -0.4 is 0 Å². The molecule has 1 aromatic rings. The molecule has 1 N–H and O–H groups in total. The summed E-state index contributed by atoms with van der Waals surface area (Å²) in [7, 11) is 0. The lowest BCUT2D eigenvalue weighted by Gasteiger charge is -2.37. The summed E-state index contributed by atoms with van der Waals surface area (Å²) in [6.07, 6.45) is 0.926. The number of carbonyl (C=O) groups is 1. The highest BCUT2D eigenvalue weighted by Gasteiger charge is 2.27. The van der Waals surface area contributed by atoms with Gasteiger partial charge in [-0.1, -0.05) is 30.3 Å². The molecule has 1 saturated heterocycles. The van der Waals surface area contributed by atoms with E-state index in [1.54, 1.807) is 0 Å². The molecule has 0 aromatic heterocycles. The molecule has 20 heavy (non-hydrogen) atoms. The average molecular weight is 277 g/mol. The van der Waals surface area contributed by atoms with Crippen molar-refractivity contribution in [1.29, 1.82) is 0 Å². The highest BCUT2D eigenvalue weighted by atomic mass is 16.5. The lowest BCUT2D eigenvalue weighted by molar-refractivity contribution is -0.143. The smallest absolute Gasteiger partial charge is 0.302 e. The molecule has 0 amide bonds. The van der Waals surface area contributed by atoms with Crippen molar-refractivity contribution >= 4 is 5.97 Å². The minimum absolute atomic E-state index is 0.196. The molecule has 0 unspecified atom stereocenters. The van der Waals surface area contributed by atoms with Crippen molar-refractivity contribution in [3.63, 3.8) is 0 Å². The predicted molar refractivity (Wildman–Crippen MR) is 77.0 cm³/mol. The van der Waals surface area contributed by atoms with Crippen LogP contribution in [-0.4, -0.2) is 42.3 Å². The van der Waals surface area contributed by atoms with E-state index in [2.05, 4.69) is 17.0 Å². The van der Waals surface area contributed by atoms with Gasteiger partial charge in [-0.2, -0.15) is 0 Å². The van der Waals surface area contributed by atoms with E-state index in [1.165, 1.54) is 12.5 Å². The zero-order valence-corrected chi connectivity index (χ0v) is 12.0. The number of piperidine rings is 1. The van der Waals surface area contributed by atoms with Crippen LogP contribution in [0.4, 0.5) is 0 Å². The van der Waals surface area contributed by atoms with Gasteiger partial charge in [-0.05, 0) is 17.9 Å². The van der Waals surface area contributed by atoms with Gasteiger partial charge < -0.3 is 9.84 Å². The van der Waals surface area contributed by atoms with Gasteiger partial charge in [0.25, 0.3) is 0 Å². The topological polar surface area (TPSA) is 49.8 Å². The maximum Gasteiger partial charge on any atom is 0.302 e. The number of aliphatic hydroxyl groups excluding tert-OH is 1. The van der Waals surface area contributed by atoms with Crippen LogP contribution in [0.15, 0.2) is 30.3 Å². The molecule has 4 heteroatoms. The Bertz CT molecular complexity index is 421. The Morgan fingerprint density at radius 1 is 1.30 bits per heavy atom. The van der Waals surface area contributed by atoms with Gasteiger partial charge in [-0.3, -0.25) is 9.69 Å². The predicted octanol–water partition coefficient (Wildman–Crippen LogP) is 1.68. The van der Waals surface area contributed by atoms with E-state index < -0.39 is 0 Å². The summed E-state index contributed by atoms with van der Waals surface area (Å²) in [5, 5.41) is 9.44. The van der Waals surface area contributed by atoms with Crippen LogP contribution in [0, 0.1) is 11.8 Å². The van der Waals surface area contributed by atoms with Crippen molar-refractivity contribution in [2.45, 2.75) is 19.9 Å². The third-order valence-corrected chi connectivity index (χ3v) is 3.73. The summed E-state index contributed by atoms with van der Waals surface area (Å²) in [6, 6.07) is 10.3. The van der Waals surface area contributed by atoms with Crippen LogP contribution in [0.3, 0.4) is 0 Å². The van der Waals surface area contributed by atoms with E-state index in [1.807, 2.05) is 18.2 Å². The van der Waals surface area contributed by atoms with Crippen LogP contribution in [0.25, 0.3) is 0 Å². The normalized spacial score (nSPS) is 23.5. The number of nitrogens with zero attached hydrogens (tertiary/aromatic N) is 1. The fraction of sp³-hybridized carbons (Fsp3) is 0.562. The van der Waals surface area contributed by atoms with Crippen molar-refractivity contribution in [1.82, 2.24) is 4.90 Å². The second-order valence-corrected chi connectivity index (χ2v) is 5.63. The number of benzene rings is 1. The summed E-state index contributed by atoms with van der Waals surface area (Å²) >= 11 is 0. The standard InChI is InChI=1S/C16H23NO3/c1-13(19)20-12-16-7-15(11-18)9-17(10-16)8-14-5-3-2-4-6-14/h2-6,15-16,18H,7-12H2,1H3/t15-,16+/m1/s1. The molecule has 0 bridgehead atoms. The number of ether oxygens (including phenoxy) is 1. The van der Waals surface area contributed by atoms with Crippen molar-refractivity contribution in [3.8, 4) is 0 Å². The molecule has 1 heterocycles. The highest BCUT2D eigenvalue weighted by Crippen LogP contribution is 2.23. The van der Waals surface area contributed by atoms with Crippen molar-refractivity contribution in [2.24, 2.45) is 11.8 Å². The van der Waals surface area contributed by atoms with E-state index in [0.29, 0.717) is 12.5 Å². The monoisotopic (exact) mass is 277 g/mol. The van der Waals surface area contributed by atoms with Gasteiger partial charge in [0, 0.05) is 39.1 Å². The molecule has 0 radical (unpaired) electrons. The quantitative estimate of drug-likeness (QED) is 0.832. The molecule has 1 aliphatic heterocycles. The maximum atomic E-state index is 10.9. The van der Waals surface area contributed by atoms with E-state index in [4.69, 9.17) is 4.74 Å². The van der Waals surface area contributed by atoms with Gasteiger partial charge >= 0.3 is 5.97 Å².